The van der Waals surface area contributed by atoms with E-state index in [1.165, 1.54) is 19.2 Å². The lowest BCUT2D eigenvalue weighted by Crippen LogP contribution is -2.11. The van der Waals surface area contributed by atoms with Crippen molar-refractivity contribution in [3.8, 4) is 16.9 Å². The molecule has 0 saturated heterocycles. The van der Waals surface area contributed by atoms with E-state index in [2.05, 4.69) is 0 Å². The van der Waals surface area contributed by atoms with E-state index in [4.69, 9.17) is 49.7 Å². The molecule has 0 radical (unpaired) electrons. The van der Waals surface area contributed by atoms with E-state index in [0.717, 1.165) is 0 Å². The van der Waals surface area contributed by atoms with Gasteiger partial charge in [-0.05, 0) is 68.7 Å². The smallest absolute Gasteiger partial charge is 0.282 e. The first-order valence-corrected chi connectivity index (χ1v) is 13.0. The fraction of sp³-hybridized carbons (Fsp3) is 0.0769. The van der Waals surface area contributed by atoms with Gasteiger partial charge in [-0.2, -0.15) is 0 Å². The Labute approximate surface area is 147 Å². The molecule has 0 aliphatic rings. The van der Waals surface area contributed by atoms with Crippen LogP contribution in [-0.4, -0.2) is 7.11 Å². The molecule has 9 heteroatoms. The Bertz CT molecular complexity index is 798. The zero-order chi connectivity index (χ0) is 16.5. The number of benzene rings is 2. The summed E-state index contributed by atoms with van der Waals surface area (Å²) in [5.41, 5.74) is 0.764. The largest absolute Gasteiger partial charge is 0.496 e. The monoisotopic (exact) mass is 416 g/mol. The van der Waals surface area contributed by atoms with Crippen molar-refractivity contribution in [1.29, 1.82) is 0 Å². The highest BCUT2D eigenvalue weighted by Gasteiger charge is 2.29. The molecule has 0 atom stereocenters. The molecule has 0 unspecified atom stereocenters. The summed E-state index contributed by atoms with van der Waals surface area (Å²) in [7, 11) is 1.44. The SMILES string of the molecule is COc1cccc(P(=O)(Cl)Cl)c1-c1ccccc1P(=O)(Cl)Cl. The van der Waals surface area contributed by atoms with Gasteiger partial charge in [0.25, 0.3) is 11.7 Å². The van der Waals surface area contributed by atoms with Crippen LogP contribution in [-0.2, 0) is 9.13 Å². The molecule has 0 aromatic heterocycles. The summed E-state index contributed by atoms with van der Waals surface area (Å²) in [5.74, 6) is -6.89. The van der Waals surface area contributed by atoms with Crippen LogP contribution in [0.2, 0.25) is 0 Å². The Morgan fingerprint density at radius 1 is 0.818 bits per heavy atom. The van der Waals surface area contributed by atoms with Gasteiger partial charge < -0.3 is 4.74 Å². The molecule has 0 N–H and O–H groups in total. The number of ether oxygens (including phenoxy) is 1. The molecular formula is C13H10Cl4O3P2. The number of halogens is 4. The molecule has 0 bridgehead atoms. The van der Waals surface area contributed by atoms with Crippen LogP contribution >= 0.6 is 56.7 Å². The minimum atomic E-state index is -3.64. The van der Waals surface area contributed by atoms with E-state index in [0.29, 0.717) is 16.9 Å². The van der Waals surface area contributed by atoms with Crippen LogP contribution in [0.5, 0.6) is 5.75 Å². The average Bonchev–Trinajstić information content (AvgIpc) is 2.44. The normalized spacial score (nSPS) is 12.2. The molecule has 0 saturated carbocycles. The fourth-order valence-corrected chi connectivity index (χ4v) is 5.30. The molecule has 2 aromatic carbocycles. The zero-order valence-electron chi connectivity index (χ0n) is 11.2. The number of hydrogen-bond acceptors (Lipinski definition) is 3. The maximum Gasteiger partial charge on any atom is 0.282 e. The molecule has 2 rings (SSSR count). The van der Waals surface area contributed by atoms with Crippen molar-refractivity contribution in [2.75, 3.05) is 7.11 Å². The Hall–Kier alpha value is -0.140. The van der Waals surface area contributed by atoms with E-state index >= 15 is 0 Å². The first-order chi connectivity index (χ1) is 10.2. The van der Waals surface area contributed by atoms with Gasteiger partial charge in [0.05, 0.1) is 12.4 Å². The van der Waals surface area contributed by atoms with Crippen molar-refractivity contribution >= 4 is 67.3 Å². The van der Waals surface area contributed by atoms with Gasteiger partial charge in [0.2, 0.25) is 0 Å². The molecular weight excluding hydrogens is 408 g/mol. The van der Waals surface area contributed by atoms with Crippen LogP contribution in [0.15, 0.2) is 42.5 Å². The van der Waals surface area contributed by atoms with Crippen molar-refractivity contribution in [2.45, 2.75) is 0 Å². The van der Waals surface area contributed by atoms with Gasteiger partial charge in [0, 0.05) is 10.9 Å². The number of methoxy groups -OCH3 is 1. The highest BCUT2D eigenvalue weighted by atomic mass is 35.9. The van der Waals surface area contributed by atoms with Crippen LogP contribution in [0.25, 0.3) is 11.1 Å². The Kier molecular flexibility index (Phi) is 5.60. The van der Waals surface area contributed by atoms with E-state index in [1.54, 1.807) is 30.3 Å². The second-order valence-corrected chi connectivity index (χ2v) is 13.9. The highest BCUT2D eigenvalue weighted by Crippen LogP contribution is 2.60. The summed E-state index contributed by atoms with van der Waals surface area (Å²) in [6.45, 7) is 0. The van der Waals surface area contributed by atoms with Gasteiger partial charge in [0.1, 0.15) is 5.75 Å². The maximum absolute atomic E-state index is 12.2. The summed E-state index contributed by atoms with van der Waals surface area (Å²) < 4.78 is 29.6. The highest BCUT2D eigenvalue weighted by molar-refractivity contribution is 8.14. The topological polar surface area (TPSA) is 43.4 Å². The van der Waals surface area contributed by atoms with Crippen LogP contribution < -0.4 is 15.3 Å². The third-order valence-electron chi connectivity index (χ3n) is 2.96. The summed E-state index contributed by atoms with van der Waals surface area (Å²) in [5, 5.41) is 0.371. The van der Waals surface area contributed by atoms with Crippen LogP contribution in [0.1, 0.15) is 0 Å². The van der Waals surface area contributed by atoms with Crippen molar-refractivity contribution in [1.82, 2.24) is 0 Å². The maximum atomic E-state index is 12.2. The second kappa shape index (κ2) is 6.77. The Morgan fingerprint density at radius 2 is 1.36 bits per heavy atom. The fourth-order valence-electron chi connectivity index (χ4n) is 2.09. The molecule has 3 nitrogen and oxygen atoms in total. The molecule has 22 heavy (non-hydrogen) atoms. The van der Waals surface area contributed by atoms with Crippen molar-refractivity contribution < 1.29 is 13.9 Å². The van der Waals surface area contributed by atoms with Gasteiger partial charge in [0.15, 0.2) is 0 Å². The minimum Gasteiger partial charge on any atom is -0.496 e. The van der Waals surface area contributed by atoms with Gasteiger partial charge in [-0.1, -0.05) is 24.3 Å². The molecule has 0 aliphatic heterocycles. The molecule has 0 amide bonds. The van der Waals surface area contributed by atoms with Crippen LogP contribution in [0.3, 0.4) is 0 Å². The number of rotatable bonds is 4. The third-order valence-corrected chi connectivity index (χ3v) is 7.03. The predicted molar refractivity (Wildman–Crippen MR) is 96.3 cm³/mol. The lowest BCUT2D eigenvalue weighted by Gasteiger charge is -2.17. The number of hydrogen-bond donors (Lipinski definition) is 0. The summed E-state index contributed by atoms with van der Waals surface area (Å²) in [6.07, 6.45) is 0. The quantitative estimate of drug-likeness (QED) is 0.577. The van der Waals surface area contributed by atoms with E-state index in [9.17, 15) is 9.13 Å². The molecule has 0 aliphatic carbocycles. The lowest BCUT2D eigenvalue weighted by atomic mass is 10.0. The molecule has 0 fully saturated rings. The van der Waals surface area contributed by atoms with E-state index in [-0.39, 0.29) is 10.6 Å². The lowest BCUT2D eigenvalue weighted by molar-refractivity contribution is 0.417. The van der Waals surface area contributed by atoms with Crippen molar-refractivity contribution in [3.05, 3.63) is 42.5 Å². The second-order valence-electron chi connectivity index (χ2n) is 4.30. The average molecular weight is 418 g/mol. The molecule has 0 spiro atoms. The standard InChI is InChI=1S/C13H10Cl4O3P2/c1-20-10-6-4-8-12(22(16,17)19)13(10)9-5-2-3-7-11(9)21(14,15)18/h2-8H,1H3. The first kappa shape index (κ1) is 18.2. The van der Waals surface area contributed by atoms with E-state index in [1.807, 2.05) is 0 Å². The van der Waals surface area contributed by atoms with Gasteiger partial charge >= 0.3 is 0 Å². The van der Waals surface area contributed by atoms with Crippen molar-refractivity contribution in [3.63, 3.8) is 0 Å². The van der Waals surface area contributed by atoms with Crippen molar-refractivity contribution in [2.24, 2.45) is 0 Å². The Morgan fingerprint density at radius 3 is 1.91 bits per heavy atom. The summed E-state index contributed by atoms with van der Waals surface area (Å²) in [4.78, 5) is 0. The first-order valence-electron chi connectivity index (χ1n) is 5.92. The van der Waals surface area contributed by atoms with Gasteiger partial charge in [-0.3, -0.25) is 9.13 Å². The van der Waals surface area contributed by atoms with Gasteiger partial charge in [-0.25, -0.2) is 0 Å². The third kappa shape index (κ3) is 3.85. The molecule has 2 aromatic rings. The zero-order valence-corrected chi connectivity index (χ0v) is 16.0. The molecule has 118 valence electrons. The predicted octanol–water partition coefficient (Wildman–Crippen LogP) is 5.95. The van der Waals surface area contributed by atoms with E-state index < -0.39 is 11.7 Å². The Balaban J connectivity index is 2.90. The van der Waals surface area contributed by atoms with Gasteiger partial charge in [-0.15, -0.1) is 0 Å². The molecule has 0 heterocycles. The van der Waals surface area contributed by atoms with Crippen LogP contribution in [0.4, 0.5) is 0 Å². The summed E-state index contributed by atoms with van der Waals surface area (Å²) >= 11 is 23.3. The minimum absolute atomic E-state index is 0.171. The summed E-state index contributed by atoms with van der Waals surface area (Å²) in [6, 6.07) is 11.3. The van der Waals surface area contributed by atoms with Crippen LogP contribution in [0, 0.1) is 0 Å².